The molecule has 0 aromatic heterocycles. The van der Waals surface area contributed by atoms with Crippen molar-refractivity contribution in [3.05, 3.63) is 70.5 Å². The molecule has 0 N–H and O–H groups in total. The summed E-state index contributed by atoms with van der Waals surface area (Å²) >= 11 is 9.31. The van der Waals surface area contributed by atoms with Crippen molar-refractivity contribution in [1.29, 1.82) is 0 Å². The van der Waals surface area contributed by atoms with Gasteiger partial charge in [0, 0.05) is 25.0 Å². The Morgan fingerprint density at radius 1 is 1.00 bits per heavy atom. The highest BCUT2D eigenvalue weighted by Crippen LogP contribution is 2.18. The summed E-state index contributed by atoms with van der Waals surface area (Å²) in [6, 6.07) is 15.2. The molecule has 0 saturated carbocycles. The topological polar surface area (TPSA) is 3.24 Å². The third-order valence-corrected chi connectivity index (χ3v) is 3.68. The summed E-state index contributed by atoms with van der Waals surface area (Å²) in [6.07, 6.45) is 0. The van der Waals surface area contributed by atoms with E-state index in [-0.39, 0.29) is 10.8 Å². The first-order valence-corrected chi connectivity index (χ1v) is 7.95. The smallest absolute Gasteiger partial charge is 0.141 e. The van der Waals surface area contributed by atoms with E-state index in [0.29, 0.717) is 0 Å². The van der Waals surface area contributed by atoms with Gasteiger partial charge in [0.1, 0.15) is 5.82 Å². The highest BCUT2D eigenvalue weighted by atomic mass is 79.9. The van der Waals surface area contributed by atoms with Crippen molar-refractivity contribution in [3.63, 3.8) is 0 Å². The lowest BCUT2D eigenvalue weighted by Gasteiger charge is -2.21. The van der Waals surface area contributed by atoms with Crippen LogP contribution in [0.25, 0.3) is 0 Å². The van der Waals surface area contributed by atoms with Gasteiger partial charge in [0.25, 0.3) is 0 Å². The Balaban J connectivity index is 2.06. The van der Waals surface area contributed by atoms with E-state index in [2.05, 4.69) is 33.0 Å². The van der Waals surface area contributed by atoms with Gasteiger partial charge in [-0.1, -0.05) is 63.9 Å². The van der Waals surface area contributed by atoms with E-state index in [1.165, 1.54) is 11.6 Å². The fourth-order valence-corrected chi connectivity index (χ4v) is 2.78. The second kappa shape index (κ2) is 7.77. The number of benzene rings is 2. The number of alkyl halides is 1. The van der Waals surface area contributed by atoms with Gasteiger partial charge in [0.15, 0.2) is 0 Å². The molecule has 0 aliphatic carbocycles. The van der Waals surface area contributed by atoms with Crippen LogP contribution in [0.15, 0.2) is 48.5 Å². The zero-order valence-electron chi connectivity index (χ0n) is 11.0. The van der Waals surface area contributed by atoms with Gasteiger partial charge in [-0.2, -0.15) is 0 Å². The summed E-state index contributed by atoms with van der Waals surface area (Å²) in [5, 5.41) is 1.08. The monoisotopic (exact) mass is 355 g/mol. The van der Waals surface area contributed by atoms with Gasteiger partial charge in [-0.25, -0.2) is 4.39 Å². The largest absolute Gasteiger partial charge is 0.294 e. The fourth-order valence-electron chi connectivity index (χ4n) is 2.07. The van der Waals surface area contributed by atoms with E-state index in [1.54, 1.807) is 12.1 Å². The molecule has 4 heteroatoms. The molecule has 2 rings (SSSR count). The zero-order chi connectivity index (χ0) is 14.4. The molecule has 0 fully saturated rings. The maximum atomic E-state index is 13.2. The second-order valence-corrected chi connectivity index (χ2v) is 5.83. The summed E-state index contributed by atoms with van der Waals surface area (Å²) in [7, 11) is 0. The van der Waals surface area contributed by atoms with Gasteiger partial charge in [0.2, 0.25) is 0 Å². The SMILES string of the molecule is Fc1ccc(CN(CCBr)Cc2ccccc2)cc1Cl. The molecule has 0 radical (unpaired) electrons. The Bertz CT molecular complexity index is 547. The van der Waals surface area contributed by atoms with E-state index >= 15 is 0 Å². The summed E-state index contributed by atoms with van der Waals surface area (Å²) in [6.45, 7) is 2.53. The molecule has 0 spiro atoms. The van der Waals surface area contributed by atoms with Crippen LogP contribution < -0.4 is 0 Å². The molecular weight excluding hydrogens is 341 g/mol. The number of halogens is 3. The summed E-state index contributed by atoms with van der Waals surface area (Å²) in [4.78, 5) is 2.30. The second-order valence-electron chi connectivity index (χ2n) is 4.63. The Morgan fingerprint density at radius 2 is 1.70 bits per heavy atom. The molecule has 0 bridgehead atoms. The van der Waals surface area contributed by atoms with Gasteiger partial charge < -0.3 is 0 Å². The lowest BCUT2D eigenvalue weighted by Crippen LogP contribution is -2.24. The Labute approximate surface area is 132 Å². The predicted molar refractivity (Wildman–Crippen MR) is 85.8 cm³/mol. The van der Waals surface area contributed by atoms with Crippen LogP contribution in [0, 0.1) is 5.82 Å². The zero-order valence-corrected chi connectivity index (χ0v) is 13.4. The van der Waals surface area contributed by atoms with Crippen LogP contribution in [-0.4, -0.2) is 16.8 Å². The van der Waals surface area contributed by atoms with Gasteiger partial charge in [-0.05, 0) is 23.3 Å². The first-order chi connectivity index (χ1) is 9.69. The van der Waals surface area contributed by atoms with Crippen molar-refractivity contribution >= 4 is 27.5 Å². The van der Waals surface area contributed by atoms with Crippen molar-refractivity contribution in [1.82, 2.24) is 4.90 Å². The molecule has 2 aromatic carbocycles. The normalized spacial score (nSPS) is 11.0. The Kier molecular flexibility index (Phi) is 6.02. The van der Waals surface area contributed by atoms with E-state index in [4.69, 9.17) is 11.6 Å². The lowest BCUT2D eigenvalue weighted by atomic mass is 10.1. The molecule has 2 aromatic rings. The van der Waals surface area contributed by atoms with Crippen molar-refractivity contribution in [2.45, 2.75) is 13.1 Å². The van der Waals surface area contributed by atoms with Crippen LogP contribution in [0.4, 0.5) is 4.39 Å². The number of rotatable bonds is 6. The minimum Gasteiger partial charge on any atom is -0.294 e. The predicted octanol–water partition coefficient (Wildman–Crippen LogP) is 4.88. The summed E-state index contributed by atoms with van der Waals surface area (Å²) < 4.78 is 13.2. The minimum absolute atomic E-state index is 0.181. The van der Waals surface area contributed by atoms with Gasteiger partial charge in [-0.3, -0.25) is 4.90 Å². The van der Waals surface area contributed by atoms with Crippen molar-refractivity contribution in [3.8, 4) is 0 Å². The molecule has 1 nitrogen and oxygen atoms in total. The molecule has 0 heterocycles. The quantitative estimate of drug-likeness (QED) is 0.667. The van der Waals surface area contributed by atoms with Crippen molar-refractivity contribution in [2.24, 2.45) is 0 Å². The van der Waals surface area contributed by atoms with Gasteiger partial charge >= 0.3 is 0 Å². The number of hydrogen-bond donors (Lipinski definition) is 0. The van der Waals surface area contributed by atoms with Gasteiger partial charge in [0.05, 0.1) is 5.02 Å². The molecule has 0 aliphatic rings. The lowest BCUT2D eigenvalue weighted by molar-refractivity contribution is 0.274. The molecule has 0 amide bonds. The van der Waals surface area contributed by atoms with E-state index in [9.17, 15) is 4.39 Å². The van der Waals surface area contributed by atoms with Crippen LogP contribution in [0.5, 0.6) is 0 Å². The Morgan fingerprint density at radius 3 is 2.35 bits per heavy atom. The maximum Gasteiger partial charge on any atom is 0.141 e. The molecular formula is C16H16BrClFN. The molecule has 0 saturated heterocycles. The van der Waals surface area contributed by atoms with Crippen LogP contribution in [0.2, 0.25) is 5.02 Å². The van der Waals surface area contributed by atoms with E-state index < -0.39 is 0 Å². The van der Waals surface area contributed by atoms with Crippen LogP contribution in [-0.2, 0) is 13.1 Å². The molecule has 106 valence electrons. The van der Waals surface area contributed by atoms with E-state index in [1.807, 2.05) is 18.2 Å². The highest BCUT2D eigenvalue weighted by Gasteiger charge is 2.08. The molecule has 0 unspecified atom stereocenters. The average Bonchev–Trinajstić information content (AvgIpc) is 2.44. The Hall–Kier alpha value is -0.900. The maximum absolute atomic E-state index is 13.2. The first-order valence-electron chi connectivity index (χ1n) is 6.45. The standard InChI is InChI=1S/C16H16BrClFN/c17-8-9-20(11-13-4-2-1-3-5-13)12-14-6-7-16(19)15(18)10-14/h1-7,10H,8-9,11-12H2. The number of hydrogen-bond acceptors (Lipinski definition) is 1. The summed E-state index contributed by atoms with van der Waals surface area (Å²) in [5.41, 5.74) is 2.29. The van der Waals surface area contributed by atoms with E-state index in [0.717, 1.165) is 30.5 Å². The third kappa shape index (κ3) is 4.58. The van der Waals surface area contributed by atoms with Crippen LogP contribution in [0.3, 0.4) is 0 Å². The minimum atomic E-state index is -0.370. The molecule has 0 aliphatic heterocycles. The van der Waals surface area contributed by atoms with Crippen molar-refractivity contribution in [2.75, 3.05) is 11.9 Å². The van der Waals surface area contributed by atoms with Crippen LogP contribution >= 0.6 is 27.5 Å². The summed E-state index contributed by atoms with van der Waals surface area (Å²) in [5.74, 6) is -0.370. The number of nitrogens with zero attached hydrogens (tertiary/aromatic N) is 1. The third-order valence-electron chi connectivity index (χ3n) is 3.04. The van der Waals surface area contributed by atoms with Gasteiger partial charge in [-0.15, -0.1) is 0 Å². The molecule has 20 heavy (non-hydrogen) atoms. The fraction of sp³-hybridized carbons (Fsp3) is 0.250. The van der Waals surface area contributed by atoms with Crippen LogP contribution in [0.1, 0.15) is 11.1 Å². The first kappa shape index (κ1) is 15.5. The van der Waals surface area contributed by atoms with Crippen molar-refractivity contribution < 1.29 is 4.39 Å². The molecule has 0 atom stereocenters. The highest BCUT2D eigenvalue weighted by molar-refractivity contribution is 9.09. The average molecular weight is 357 g/mol.